The maximum Gasteiger partial charge on any atom is 0.247 e. The normalized spacial score (nSPS) is 10.9. The second-order valence-corrected chi connectivity index (χ2v) is 5.89. The highest BCUT2D eigenvalue weighted by Gasteiger charge is 2.18. The van der Waals surface area contributed by atoms with Crippen molar-refractivity contribution >= 4 is 23.6 Å². The lowest BCUT2D eigenvalue weighted by Gasteiger charge is -2.20. The van der Waals surface area contributed by atoms with Crippen LogP contribution in [0.2, 0.25) is 0 Å². The van der Waals surface area contributed by atoms with Gasteiger partial charge in [-0.05, 0) is 30.7 Å². The maximum absolute atomic E-state index is 13.7. The molecule has 0 unspecified atom stereocenters. The third-order valence-corrected chi connectivity index (χ3v) is 3.76. The van der Waals surface area contributed by atoms with Gasteiger partial charge >= 0.3 is 0 Å². The molecule has 4 nitrogen and oxygen atoms in total. The van der Waals surface area contributed by atoms with Gasteiger partial charge in [0.25, 0.3) is 0 Å². The molecular formula is C20H18F4N2O2. The predicted molar refractivity (Wildman–Crippen MR) is 97.3 cm³/mol. The molecule has 0 aliphatic rings. The van der Waals surface area contributed by atoms with Crippen molar-refractivity contribution in [2.75, 3.05) is 18.4 Å². The Bertz CT molecular complexity index is 900. The minimum absolute atomic E-state index is 0.209. The molecule has 0 heterocycles. The molecule has 0 bridgehead atoms. The van der Waals surface area contributed by atoms with Crippen LogP contribution in [0, 0.1) is 23.3 Å². The molecule has 2 aromatic carbocycles. The second kappa shape index (κ2) is 9.68. The number of carbonyl (C=O) groups excluding carboxylic acids is 2. The molecule has 0 atom stereocenters. The minimum atomic E-state index is -1.70. The number of nitrogens with zero attached hydrogens (tertiary/aromatic N) is 1. The van der Waals surface area contributed by atoms with E-state index >= 15 is 0 Å². The molecular weight excluding hydrogens is 376 g/mol. The van der Waals surface area contributed by atoms with Gasteiger partial charge in [-0.25, -0.2) is 17.6 Å². The second-order valence-electron chi connectivity index (χ2n) is 5.89. The number of nitrogens with one attached hydrogen (secondary N) is 1. The fourth-order valence-electron chi connectivity index (χ4n) is 2.40. The summed E-state index contributed by atoms with van der Waals surface area (Å²) < 4.78 is 53.5. The van der Waals surface area contributed by atoms with Gasteiger partial charge in [0.2, 0.25) is 11.8 Å². The molecule has 2 aromatic rings. The van der Waals surface area contributed by atoms with Crippen LogP contribution in [0.5, 0.6) is 0 Å². The van der Waals surface area contributed by atoms with E-state index < -0.39 is 47.3 Å². The van der Waals surface area contributed by atoms with Crippen molar-refractivity contribution in [3.63, 3.8) is 0 Å². The van der Waals surface area contributed by atoms with E-state index in [9.17, 15) is 27.2 Å². The van der Waals surface area contributed by atoms with Crippen molar-refractivity contribution in [3.8, 4) is 0 Å². The summed E-state index contributed by atoms with van der Waals surface area (Å²) in [5.74, 6) is -6.44. The summed E-state index contributed by atoms with van der Waals surface area (Å²) in [6.07, 6.45) is 2.94. The van der Waals surface area contributed by atoms with Gasteiger partial charge in [0.05, 0.1) is 5.69 Å². The van der Waals surface area contributed by atoms with Gasteiger partial charge in [0, 0.05) is 18.2 Å². The van der Waals surface area contributed by atoms with Gasteiger partial charge in [-0.1, -0.05) is 25.1 Å². The summed E-state index contributed by atoms with van der Waals surface area (Å²) in [6.45, 7) is 1.56. The van der Waals surface area contributed by atoms with Gasteiger partial charge in [-0.3, -0.25) is 9.59 Å². The highest BCUT2D eigenvalue weighted by Crippen LogP contribution is 2.19. The molecule has 0 spiro atoms. The van der Waals surface area contributed by atoms with Gasteiger partial charge in [0.1, 0.15) is 12.4 Å². The SMILES string of the molecule is CCCN(CC(=O)Nc1ccc(F)c(F)c1F)C(=O)C=Cc1ccccc1F. The van der Waals surface area contributed by atoms with E-state index in [4.69, 9.17) is 0 Å². The number of amides is 2. The Kier molecular flexibility index (Phi) is 7.31. The molecule has 0 saturated carbocycles. The van der Waals surface area contributed by atoms with Crippen molar-refractivity contribution in [2.45, 2.75) is 13.3 Å². The van der Waals surface area contributed by atoms with E-state index in [0.717, 1.165) is 12.1 Å². The van der Waals surface area contributed by atoms with Crippen LogP contribution in [0.25, 0.3) is 6.08 Å². The van der Waals surface area contributed by atoms with Crippen molar-refractivity contribution in [2.24, 2.45) is 0 Å². The average molecular weight is 394 g/mol. The Labute approximate surface area is 159 Å². The summed E-state index contributed by atoms with van der Waals surface area (Å²) in [5.41, 5.74) is -0.324. The van der Waals surface area contributed by atoms with Gasteiger partial charge in [-0.15, -0.1) is 0 Å². The van der Waals surface area contributed by atoms with Gasteiger partial charge in [-0.2, -0.15) is 0 Å². The van der Waals surface area contributed by atoms with Crippen molar-refractivity contribution in [3.05, 3.63) is 71.3 Å². The number of halogens is 4. The summed E-state index contributed by atoms with van der Waals surface area (Å²) in [5, 5.41) is 2.11. The Morgan fingerprint density at radius 3 is 2.39 bits per heavy atom. The molecule has 0 aliphatic carbocycles. The van der Waals surface area contributed by atoms with E-state index in [1.54, 1.807) is 13.0 Å². The zero-order valence-electron chi connectivity index (χ0n) is 15.0. The number of carbonyl (C=O) groups is 2. The largest absolute Gasteiger partial charge is 0.330 e. The first-order chi connectivity index (χ1) is 13.3. The Morgan fingerprint density at radius 1 is 1.00 bits per heavy atom. The number of rotatable bonds is 7. The van der Waals surface area contributed by atoms with E-state index in [-0.39, 0.29) is 12.1 Å². The van der Waals surface area contributed by atoms with Crippen LogP contribution in [0.4, 0.5) is 23.2 Å². The van der Waals surface area contributed by atoms with Crippen LogP contribution >= 0.6 is 0 Å². The lowest BCUT2D eigenvalue weighted by Crippen LogP contribution is -2.37. The van der Waals surface area contributed by atoms with Crippen molar-refractivity contribution < 1.29 is 27.2 Å². The smallest absolute Gasteiger partial charge is 0.247 e. The number of hydrogen-bond acceptors (Lipinski definition) is 2. The molecule has 0 aromatic heterocycles. The van der Waals surface area contributed by atoms with E-state index in [1.807, 2.05) is 0 Å². The number of benzene rings is 2. The quantitative estimate of drug-likeness (QED) is 0.436. The molecule has 0 fully saturated rings. The first kappa shape index (κ1) is 21.1. The zero-order valence-corrected chi connectivity index (χ0v) is 15.0. The third kappa shape index (κ3) is 5.42. The summed E-state index contributed by atoms with van der Waals surface area (Å²) in [4.78, 5) is 25.6. The van der Waals surface area contributed by atoms with Gasteiger partial charge in [0.15, 0.2) is 17.5 Å². The topological polar surface area (TPSA) is 49.4 Å². The van der Waals surface area contributed by atoms with E-state index in [1.165, 1.54) is 29.2 Å². The first-order valence-corrected chi connectivity index (χ1v) is 8.48. The van der Waals surface area contributed by atoms with Crippen LogP contribution in [0.3, 0.4) is 0 Å². The van der Waals surface area contributed by atoms with E-state index in [0.29, 0.717) is 12.5 Å². The maximum atomic E-state index is 13.7. The third-order valence-electron chi connectivity index (χ3n) is 3.76. The molecule has 2 amide bonds. The van der Waals surface area contributed by atoms with Crippen LogP contribution in [0.15, 0.2) is 42.5 Å². The Hall–Kier alpha value is -3.16. The predicted octanol–water partition coefficient (Wildman–Crippen LogP) is 4.13. The highest BCUT2D eigenvalue weighted by molar-refractivity contribution is 5.98. The molecule has 0 radical (unpaired) electrons. The highest BCUT2D eigenvalue weighted by atomic mass is 19.2. The lowest BCUT2D eigenvalue weighted by atomic mass is 10.2. The van der Waals surface area contributed by atoms with E-state index in [2.05, 4.69) is 5.32 Å². The molecule has 8 heteroatoms. The zero-order chi connectivity index (χ0) is 20.7. The molecule has 28 heavy (non-hydrogen) atoms. The fraction of sp³-hybridized carbons (Fsp3) is 0.200. The van der Waals surface area contributed by atoms with Crippen LogP contribution in [0.1, 0.15) is 18.9 Å². The Morgan fingerprint density at radius 2 is 1.71 bits per heavy atom. The monoisotopic (exact) mass is 394 g/mol. The first-order valence-electron chi connectivity index (χ1n) is 8.48. The summed E-state index contributed by atoms with van der Waals surface area (Å²) >= 11 is 0. The summed E-state index contributed by atoms with van der Waals surface area (Å²) in [7, 11) is 0. The fourth-order valence-corrected chi connectivity index (χ4v) is 2.40. The lowest BCUT2D eigenvalue weighted by molar-refractivity contribution is -0.130. The molecule has 148 valence electrons. The number of hydrogen-bond donors (Lipinski definition) is 1. The summed E-state index contributed by atoms with van der Waals surface area (Å²) in [6, 6.07) is 7.43. The van der Waals surface area contributed by atoms with Crippen LogP contribution < -0.4 is 5.32 Å². The molecule has 0 saturated heterocycles. The minimum Gasteiger partial charge on any atom is -0.330 e. The molecule has 1 N–H and O–H groups in total. The van der Waals surface area contributed by atoms with Crippen LogP contribution in [-0.4, -0.2) is 29.8 Å². The molecule has 0 aliphatic heterocycles. The molecule has 2 rings (SSSR count). The number of anilines is 1. The van der Waals surface area contributed by atoms with Crippen molar-refractivity contribution in [1.82, 2.24) is 4.90 Å². The van der Waals surface area contributed by atoms with Gasteiger partial charge < -0.3 is 10.2 Å². The van der Waals surface area contributed by atoms with Crippen molar-refractivity contribution in [1.29, 1.82) is 0 Å². The average Bonchev–Trinajstić information content (AvgIpc) is 2.67. The Balaban J connectivity index is 2.07. The standard InChI is InChI=1S/C20H18F4N2O2/c1-2-11-26(18(28)10-7-13-5-3-4-6-14(13)21)12-17(27)25-16-9-8-15(22)19(23)20(16)24/h3-10H,2,11-12H2,1H3,(H,25,27). The van der Waals surface area contributed by atoms with Crippen LogP contribution in [-0.2, 0) is 9.59 Å².